The molecule has 0 aromatic carbocycles. The zero-order valence-corrected chi connectivity index (χ0v) is 6.03. The fourth-order valence-electron chi connectivity index (χ4n) is 0.885. The normalized spacial score (nSPS) is 32.2. The van der Waals surface area contributed by atoms with Crippen LogP contribution in [0.15, 0.2) is 12.2 Å². The number of rotatable bonds is 1. The van der Waals surface area contributed by atoms with Gasteiger partial charge < -0.3 is 10.8 Å². The lowest BCUT2D eigenvalue weighted by Crippen LogP contribution is -2.39. The van der Waals surface area contributed by atoms with E-state index in [4.69, 9.17) is 10.8 Å². The van der Waals surface area contributed by atoms with E-state index < -0.39 is 0 Å². The zero-order chi connectivity index (χ0) is 6.04. The van der Waals surface area contributed by atoms with Gasteiger partial charge in [0.1, 0.15) is 0 Å². The minimum atomic E-state index is -0.389. The average molecular weight is 150 g/mol. The maximum absolute atomic E-state index is 8.65. The molecular formula is C6H12ClNO. The summed E-state index contributed by atoms with van der Waals surface area (Å²) in [7, 11) is 0. The van der Waals surface area contributed by atoms with Gasteiger partial charge in [-0.3, -0.25) is 0 Å². The monoisotopic (exact) mass is 149 g/mol. The molecule has 1 atom stereocenters. The Balaban J connectivity index is 0.000000640. The number of nitrogens with two attached hydrogens (primary N) is 1. The first-order valence-electron chi connectivity index (χ1n) is 2.84. The first-order chi connectivity index (χ1) is 3.77. The molecule has 0 spiro atoms. The summed E-state index contributed by atoms with van der Waals surface area (Å²) in [6.07, 6.45) is 5.80. The Morgan fingerprint density at radius 2 is 2.33 bits per heavy atom. The average Bonchev–Trinajstić information content (AvgIpc) is 2.17. The zero-order valence-electron chi connectivity index (χ0n) is 5.21. The van der Waals surface area contributed by atoms with Crippen molar-refractivity contribution in [3.8, 4) is 0 Å². The van der Waals surface area contributed by atoms with Crippen molar-refractivity contribution in [2.45, 2.75) is 18.4 Å². The van der Waals surface area contributed by atoms with Crippen LogP contribution < -0.4 is 5.73 Å². The third kappa shape index (κ3) is 1.97. The number of halogens is 1. The van der Waals surface area contributed by atoms with E-state index in [1.54, 1.807) is 0 Å². The van der Waals surface area contributed by atoms with Gasteiger partial charge in [0.15, 0.2) is 0 Å². The van der Waals surface area contributed by atoms with Crippen molar-refractivity contribution < 1.29 is 5.11 Å². The van der Waals surface area contributed by atoms with Gasteiger partial charge in [-0.15, -0.1) is 12.4 Å². The van der Waals surface area contributed by atoms with E-state index in [1.807, 2.05) is 12.2 Å². The number of hydrogen-bond donors (Lipinski definition) is 2. The van der Waals surface area contributed by atoms with Gasteiger partial charge in [0.25, 0.3) is 0 Å². The van der Waals surface area contributed by atoms with Crippen LogP contribution in [0.25, 0.3) is 0 Å². The molecule has 3 N–H and O–H groups in total. The van der Waals surface area contributed by atoms with E-state index in [0.717, 1.165) is 12.8 Å². The smallest absolute Gasteiger partial charge is 0.0647 e. The van der Waals surface area contributed by atoms with Crippen molar-refractivity contribution in [3.05, 3.63) is 12.2 Å². The van der Waals surface area contributed by atoms with E-state index >= 15 is 0 Å². The Bertz CT molecular complexity index is 116. The molecule has 0 aromatic heterocycles. The number of aliphatic hydroxyl groups excluding tert-OH is 1. The molecule has 0 unspecified atom stereocenters. The number of allylic oxidation sites excluding steroid dienone is 1. The van der Waals surface area contributed by atoms with E-state index in [-0.39, 0.29) is 24.6 Å². The van der Waals surface area contributed by atoms with Crippen molar-refractivity contribution in [2.75, 3.05) is 6.61 Å². The van der Waals surface area contributed by atoms with Crippen LogP contribution >= 0.6 is 12.4 Å². The molecule has 54 valence electrons. The van der Waals surface area contributed by atoms with Crippen LogP contribution in [0.5, 0.6) is 0 Å². The minimum Gasteiger partial charge on any atom is -0.394 e. The van der Waals surface area contributed by atoms with Crippen LogP contribution in [-0.2, 0) is 0 Å². The van der Waals surface area contributed by atoms with Crippen LogP contribution in [0.2, 0.25) is 0 Å². The fourth-order valence-corrected chi connectivity index (χ4v) is 0.885. The van der Waals surface area contributed by atoms with Gasteiger partial charge in [-0.25, -0.2) is 0 Å². The quantitative estimate of drug-likeness (QED) is 0.532. The summed E-state index contributed by atoms with van der Waals surface area (Å²) in [5.41, 5.74) is 5.23. The molecular weight excluding hydrogens is 138 g/mol. The predicted octanol–water partition coefficient (Wildman–Crippen LogP) is 0.448. The molecule has 3 heteroatoms. The number of hydrogen-bond acceptors (Lipinski definition) is 2. The second-order valence-electron chi connectivity index (χ2n) is 2.33. The molecule has 0 amide bonds. The van der Waals surface area contributed by atoms with Gasteiger partial charge in [-0.1, -0.05) is 12.2 Å². The minimum absolute atomic E-state index is 0. The first kappa shape index (κ1) is 8.95. The van der Waals surface area contributed by atoms with Crippen LogP contribution in [0.4, 0.5) is 0 Å². The molecule has 0 radical (unpaired) electrons. The number of aliphatic hydroxyl groups is 1. The second-order valence-corrected chi connectivity index (χ2v) is 2.33. The fraction of sp³-hybridized carbons (Fsp3) is 0.667. The van der Waals surface area contributed by atoms with Crippen molar-refractivity contribution in [2.24, 2.45) is 5.73 Å². The summed E-state index contributed by atoms with van der Waals surface area (Å²) in [5, 5.41) is 8.65. The second kappa shape index (κ2) is 3.20. The molecule has 0 aromatic rings. The summed E-state index contributed by atoms with van der Waals surface area (Å²) >= 11 is 0. The predicted molar refractivity (Wildman–Crippen MR) is 39.6 cm³/mol. The van der Waals surface area contributed by atoms with E-state index in [0.29, 0.717) is 0 Å². The standard InChI is InChI=1S/C6H11NO.ClH/c7-6(5-8)3-1-2-4-6;/h1,3,8H,2,4-5,7H2;1H/t6-;/m1./s1. The summed E-state index contributed by atoms with van der Waals surface area (Å²) in [6, 6.07) is 0. The van der Waals surface area contributed by atoms with Gasteiger partial charge >= 0.3 is 0 Å². The van der Waals surface area contributed by atoms with Crippen LogP contribution in [-0.4, -0.2) is 17.3 Å². The lowest BCUT2D eigenvalue weighted by atomic mass is 10.0. The first-order valence-corrected chi connectivity index (χ1v) is 2.84. The highest BCUT2D eigenvalue weighted by molar-refractivity contribution is 5.85. The highest BCUT2D eigenvalue weighted by atomic mass is 35.5. The van der Waals surface area contributed by atoms with Crippen molar-refractivity contribution in [3.63, 3.8) is 0 Å². The lowest BCUT2D eigenvalue weighted by molar-refractivity contribution is 0.226. The molecule has 0 heterocycles. The summed E-state index contributed by atoms with van der Waals surface area (Å²) in [6.45, 7) is 0.0729. The third-order valence-electron chi connectivity index (χ3n) is 1.52. The van der Waals surface area contributed by atoms with Crippen LogP contribution in [0.1, 0.15) is 12.8 Å². The summed E-state index contributed by atoms with van der Waals surface area (Å²) < 4.78 is 0. The maximum Gasteiger partial charge on any atom is 0.0647 e. The lowest BCUT2D eigenvalue weighted by Gasteiger charge is -2.16. The highest BCUT2D eigenvalue weighted by Crippen LogP contribution is 2.17. The topological polar surface area (TPSA) is 46.2 Å². The van der Waals surface area contributed by atoms with Gasteiger partial charge in [0.05, 0.1) is 12.1 Å². The molecule has 1 aliphatic rings. The van der Waals surface area contributed by atoms with Gasteiger partial charge in [-0.2, -0.15) is 0 Å². The molecule has 0 saturated carbocycles. The molecule has 1 aliphatic carbocycles. The molecule has 0 bridgehead atoms. The Morgan fingerprint density at radius 1 is 1.67 bits per heavy atom. The van der Waals surface area contributed by atoms with Crippen molar-refractivity contribution in [1.82, 2.24) is 0 Å². The largest absolute Gasteiger partial charge is 0.394 e. The molecule has 0 aliphatic heterocycles. The van der Waals surface area contributed by atoms with Crippen LogP contribution in [0, 0.1) is 0 Å². The molecule has 1 rings (SSSR count). The Kier molecular flexibility index (Phi) is 3.18. The third-order valence-corrected chi connectivity index (χ3v) is 1.52. The summed E-state index contributed by atoms with van der Waals surface area (Å²) in [4.78, 5) is 0. The Labute approximate surface area is 61.2 Å². The van der Waals surface area contributed by atoms with Crippen LogP contribution in [0.3, 0.4) is 0 Å². The SMILES string of the molecule is Cl.N[C@]1(CO)C=CCC1. The van der Waals surface area contributed by atoms with Gasteiger partial charge in [-0.05, 0) is 12.8 Å². The maximum atomic E-state index is 8.65. The molecule has 0 saturated heterocycles. The molecule has 2 nitrogen and oxygen atoms in total. The van der Waals surface area contributed by atoms with E-state index in [2.05, 4.69) is 0 Å². The molecule has 0 fully saturated rings. The van der Waals surface area contributed by atoms with Crippen molar-refractivity contribution >= 4 is 12.4 Å². The van der Waals surface area contributed by atoms with Gasteiger partial charge in [0.2, 0.25) is 0 Å². The molecule has 9 heavy (non-hydrogen) atoms. The highest BCUT2D eigenvalue weighted by Gasteiger charge is 2.22. The van der Waals surface area contributed by atoms with Crippen molar-refractivity contribution in [1.29, 1.82) is 0 Å². The van der Waals surface area contributed by atoms with E-state index in [1.165, 1.54) is 0 Å². The van der Waals surface area contributed by atoms with E-state index in [9.17, 15) is 0 Å². The summed E-state index contributed by atoms with van der Waals surface area (Å²) in [5.74, 6) is 0. The Morgan fingerprint density at radius 3 is 2.56 bits per heavy atom. The van der Waals surface area contributed by atoms with Gasteiger partial charge in [0, 0.05) is 0 Å². The Hall–Kier alpha value is -0.0500.